The average molecular weight is 537 g/mol. The van der Waals surface area contributed by atoms with E-state index in [-0.39, 0.29) is 16.9 Å². The quantitative estimate of drug-likeness (QED) is 0.145. The molecule has 4 heteroatoms. The summed E-state index contributed by atoms with van der Waals surface area (Å²) >= 11 is 0. The van der Waals surface area contributed by atoms with E-state index in [9.17, 15) is 0 Å². The molecule has 1 aliphatic heterocycles. The summed E-state index contributed by atoms with van der Waals surface area (Å²) in [7, 11) is -1.72. The minimum Gasteiger partial charge on any atom is -0.413 e. The van der Waals surface area contributed by atoms with E-state index in [1.165, 1.54) is 47.9 Å². The van der Waals surface area contributed by atoms with Crippen molar-refractivity contribution in [3.8, 4) is 0 Å². The fraction of sp³-hybridized carbons (Fsp3) is 0.588. The number of hydrogen-bond acceptors (Lipinski definition) is 3. The van der Waals surface area contributed by atoms with Crippen molar-refractivity contribution in [2.24, 2.45) is 0 Å². The summed E-state index contributed by atoms with van der Waals surface area (Å²) in [5.41, 5.74) is 5.02. The highest BCUT2D eigenvalue weighted by molar-refractivity contribution is 6.74. The third kappa shape index (κ3) is 10.4. The molecule has 0 amide bonds. The predicted octanol–water partition coefficient (Wildman–Crippen LogP) is 9.80. The summed E-state index contributed by atoms with van der Waals surface area (Å²) in [5.74, 6) is 0. The molecule has 0 radical (unpaired) electrons. The van der Waals surface area contributed by atoms with Gasteiger partial charge in [-0.25, -0.2) is 0 Å². The zero-order valence-electron chi connectivity index (χ0n) is 25.1. The maximum atomic E-state index is 6.37. The van der Waals surface area contributed by atoms with Crippen LogP contribution in [0.5, 0.6) is 0 Å². The molecule has 1 unspecified atom stereocenters. The summed E-state index contributed by atoms with van der Waals surface area (Å²) in [6.07, 6.45) is 13.7. The van der Waals surface area contributed by atoms with Crippen LogP contribution in [-0.2, 0) is 26.9 Å². The van der Waals surface area contributed by atoms with Gasteiger partial charge < -0.3 is 13.9 Å². The summed E-state index contributed by atoms with van der Waals surface area (Å²) < 4.78 is 18.4. The van der Waals surface area contributed by atoms with E-state index in [4.69, 9.17) is 13.9 Å². The second-order valence-electron chi connectivity index (χ2n) is 13.1. The summed E-state index contributed by atoms with van der Waals surface area (Å²) in [4.78, 5) is 0. The lowest BCUT2D eigenvalue weighted by Gasteiger charge is -2.36. The van der Waals surface area contributed by atoms with E-state index in [1.54, 1.807) is 0 Å². The van der Waals surface area contributed by atoms with Gasteiger partial charge in [-0.1, -0.05) is 94.3 Å². The van der Waals surface area contributed by atoms with Crippen LogP contribution in [0.15, 0.2) is 48.5 Å². The van der Waals surface area contributed by atoms with Crippen molar-refractivity contribution in [2.75, 3.05) is 6.61 Å². The maximum absolute atomic E-state index is 6.37. The summed E-state index contributed by atoms with van der Waals surface area (Å²) in [6, 6.07) is 17.7. The zero-order chi connectivity index (χ0) is 27.7. The van der Waals surface area contributed by atoms with E-state index in [0.717, 1.165) is 32.3 Å². The standard InChI is InChI=1S/C34H52O3Si/c1-33(2,3)38(6,7)36-27-31-22-19-28(20-23-31)18-21-30-16-13-15-29(26-30)14-9-8-11-24-34(4,5)37-32-17-10-12-25-35-32/h13,15-16,18-23,26,32H,8-12,14,17,24-25,27H2,1-7H3. The Kier molecular flexibility index (Phi) is 11.4. The lowest BCUT2D eigenvalue weighted by Crippen LogP contribution is -2.40. The van der Waals surface area contributed by atoms with Gasteiger partial charge in [0.15, 0.2) is 14.6 Å². The van der Waals surface area contributed by atoms with Gasteiger partial charge in [0.1, 0.15) is 0 Å². The van der Waals surface area contributed by atoms with Crippen molar-refractivity contribution < 1.29 is 13.9 Å². The highest BCUT2D eigenvalue weighted by atomic mass is 28.4. The smallest absolute Gasteiger partial charge is 0.192 e. The minimum atomic E-state index is -1.72. The molecule has 1 fully saturated rings. The monoisotopic (exact) mass is 536 g/mol. The molecule has 2 aromatic carbocycles. The molecule has 3 nitrogen and oxygen atoms in total. The topological polar surface area (TPSA) is 27.7 Å². The number of benzene rings is 2. The van der Waals surface area contributed by atoms with Gasteiger partial charge in [0.25, 0.3) is 0 Å². The number of aryl methyl sites for hydroxylation is 1. The summed E-state index contributed by atoms with van der Waals surface area (Å²) in [5, 5.41) is 0.236. The van der Waals surface area contributed by atoms with E-state index < -0.39 is 8.32 Å². The molecule has 1 atom stereocenters. The van der Waals surface area contributed by atoms with Gasteiger partial charge >= 0.3 is 0 Å². The first-order chi connectivity index (χ1) is 17.9. The molecule has 0 aliphatic carbocycles. The molecule has 0 bridgehead atoms. The van der Waals surface area contributed by atoms with Gasteiger partial charge in [0.05, 0.1) is 12.2 Å². The Morgan fingerprint density at radius 3 is 2.29 bits per heavy atom. The lowest BCUT2D eigenvalue weighted by atomic mass is 9.98. The van der Waals surface area contributed by atoms with Gasteiger partial charge in [0.2, 0.25) is 0 Å². The molecule has 0 spiro atoms. The Bertz CT molecular complexity index is 995. The van der Waals surface area contributed by atoms with Crippen molar-refractivity contribution in [1.29, 1.82) is 0 Å². The van der Waals surface area contributed by atoms with Crippen LogP contribution in [0.25, 0.3) is 12.2 Å². The molecule has 1 heterocycles. The zero-order valence-corrected chi connectivity index (χ0v) is 26.1. The number of rotatable bonds is 13. The number of hydrogen-bond donors (Lipinski definition) is 0. The van der Waals surface area contributed by atoms with Crippen molar-refractivity contribution in [1.82, 2.24) is 0 Å². The fourth-order valence-electron chi connectivity index (χ4n) is 4.53. The van der Waals surface area contributed by atoms with Gasteiger partial charge in [-0.15, -0.1) is 0 Å². The van der Waals surface area contributed by atoms with Crippen molar-refractivity contribution in [3.63, 3.8) is 0 Å². The Balaban J connectivity index is 1.40. The van der Waals surface area contributed by atoms with Gasteiger partial charge in [-0.3, -0.25) is 0 Å². The molecule has 1 aliphatic rings. The van der Waals surface area contributed by atoms with Crippen molar-refractivity contribution >= 4 is 20.5 Å². The third-order valence-corrected chi connectivity index (χ3v) is 12.6. The first-order valence-corrected chi connectivity index (χ1v) is 17.6. The van der Waals surface area contributed by atoms with Crippen molar-refractivity contribution in [3.05, 3.63) is 70.8 Å². The van der Waals surface area contributed by atoms with Crippen LogP contribution in [0.1, 0.15) is 102 Å². The Morgan fingerprint density at radius 1 is 0.868 bits per heavy atom. The van der Waals surface area contributed by atoms with Gasteiger partial charge in [-0.2, -0.15) is 0 Å². The molecular formula is C34H52O3Si. The maximum Gasteiger partial charge on any atom is 0.192 e. The molecule has 2 aromatic rings. The second kappa shape index (κ2) is 14.1. The third-order valence-electron chi connectivity index (χ3n) is 8.14. The second-order valence-corrected chi connectivity index (χ2v) is 17.9. The van der Waals surface area contributed by atoms with Crippen LogP contribution in [0.2, 0.25) is 18.1 Å². The molecule has 1 saturated heterocycles. The average Bonchev–Trinajstić information content (AvgIpc) is 2.86. The SMILES string of the molecule is CC(C)(CCCCCc1cccc(C=Cc2ccc(CO[Si](C)(C)C(C)(C)C)cc2)c1)OC1CCCCO1. The first kappa shape index (κ1) is 30.8. The molecular weight excluding hydrogens is 484 g/mol. The van der Waals surface area contributed by atoms with Gasteiger partial charge in [-0.05, 0) is 92.8 Å². The predicted molar refractivity (Wildman–Crippen MR) is 165 cm³/mol. The van der Waals surface area contributed by atoms with E-state index in [0.29, 0.717) is 6.61 Å². The van der Waals surface area contributed by atoms with E-state index >= 15 is 0 Å². The Labute approximate surface area is 234 Å². The number of unbranched alkanes of at least 4 members (excludes halogenated alkanes) is 2. The normalized spacial score (nSPS) is 17.3. The highest BCUT2D eigenvalue weighted by Gasteiger charge is 2.37. The molecule has 38 heavy (non-hydrogen) atoms. The molecule has 210 valence electrons. The fourth-order valence-corrected chi connectivity index (χ4v) is 5.49. The molecule has 0 N–H and O–H groups in total. The van der Waals surface area contributed by atoms with Crippen LogP contribution in [0.4, 0.5) is 0 Å². The van der Waals surface area contributed by atoms with Gasteiger partial charge in [0, 0.05) is 6.61 Å². The molecule has 0 aromatic heterocycles. The van der Waals surface area contributed by atoms with Crippen LogP contribution in [0, 0.1) is 0 Å². The first-order valence-electron chi connectivity index (χ1n) is 14.7. The van der Waals surface area contributed by atoms with Crippen molar-refractivity contribution in [2.45, 2.75) is 123 Å². The van der Waals surface area contributed by atoms with Crippen LogP contribution >= 0.6 is 0 Å². The van der Waals surface area contributed by atoms with Crippen LogP contribution < -0.4 is 0 Å². The Morgan fingerprint density at radius 2 is 1.61 bits per heavy atom. The minimum absolute atomic E-state index is 0.00570. The lowest BCUT2D eigenvalue weighted by molar-refractivity contribution is -0.217. The largest absolute Gasteiger partial charge is 0.413 e. The highest BCUT2D eigenvalue weighted by Crippen LogP contribution is 2.37. The molecule has 3 rings (SSSR count). The molecule has 0 saturated carbocycles. The van der Waals surface area contributed by atoms with E-state index in [2.05, 4.69) is 108 Å². The number of ether oxygens (including phenoxy) is 2. The van der Waals surface area contributed by atoms with E-state index in [1.807, 2.05) is 0 Å². The van der Waals surface area contributed by atoms with Crippen LogP contribution in [0.3, 0.4) is 0 Å². The summed E-state index contributed by atoms with van der Waals surface area (Å²) in [6.45, 7) is 17.4. The van der Waals surface area contributed by atoms with Crippen LogP contribution in [-0.4, -0.2) is 26.8 Å². The Hall–Kier alpha value is -1.72.